The molecule has 0 radical (unpaired) electrons. The lowest BCUT2D eigenvalue weighted by atomic mass is 10.0. The van der Waals surface area contributed by atoms with E-state index < -0.39 is 34.7 Å². The molecular formula is C19H16F3N3O3. The maximum Gasteiger partial charge on any atom is 0.417 e. The third kappa shape index (κ3) is 4.79. The molecule has 6 nitrogen and oxygen atoms in total. The zero-order valence-corrected chi connectivity index (χ0v) is 14.9. The molecule has 2 aromatic rings. The molecule has 2 rings (SSSR count). The van der Waals surface area contributed by atoms with Crippen LogP contribution in [0.15, 0.2) is 42.5 Å². The quantitative estimate of drug-likeness (QED) is 0.743. The Labute approximate surface area is 158 Å². The van der Waals surface area contributed by atoms with Gasteiger partial charge < -0.3 is 15.7 Å². The van der Waals surface area contributed by atoms with E-state index in [9.17, 15) is 27.9 Å². The van der Waals surface area contributed by atoms with E-state index in [4.69, 9.17) is 5.26 Å². The monoisotopic (exact) mass is 391 g/mol. The van der Waals surface area contributed by atoms with Crippen LogP contribution in [0, 0.1) is 11.3 Å². The van der Waals surface area contributed by atoms with Gasteiger partial charge in [-0.2, -0.15) is 18.4 Å². The van der Waals surface area contributed by atoms with E-state index in [1.165, 1.54) is 50.2 Å². The summed E-state index contributed by atoms with van der Waals surface area (Å²) in [6.45, 7) is 2.77. The van der Waals surface area contributed by atoms with Crippen LogP contribution in [0.25, 0.3) is 0 Å². The van der Waals surface area contributed by atoms with Crippen molar-refractivity contribution in [2.45, 2.75) is 25.6 Å². The topological polar surface area (TPSA) is 102 Å². The van der Waals surface area contributed by atoms with Crippen molar-refractivity contribution < 1.29 is 27.9 Å². The molecule has 0 atom stereocenters. The number of anilines is 1. The third-order valence-electron chi connectivity index (χ3n) is 3.83. The number of nitriles is 1. The van der Waals surface area contributed by atoms with Gasteiger partial charge in [0.05, 0.1) is 17.2 Å². The van der Waals surface area contributed by atoms with E-state index in [0.29, 0.717) is 6.07 Å². The molecule has 0 saturated heterocycles. The summed E-state index contributed by atoms with van der Waals surface area (Å²) in [6.07, 6.45) is -4.76. The second kappa shape index (κ2) is 7.60. The van der Waals surface area contributed by atoms with Gasteiger partial charge in [0.1, 0.15) is 11.3 Å². The van der Waals surface area contributed by atoms with E-state index in [1.54, 1.807) is 0 Å². The van der Waals surface area contributed by atoms with Gasteiger partial charge in [0, 0.05) is 11.3 Å². The number of rotatable bonds is 4. The Morgan fingerprint density at radius 2 is 1.68 bits per heavy atom. The Kier molecular flexibility index (Phi) is 5.64. The molecule has 2 aromatic carbocycles. The number of nitrogens with one attached hydrogen (secondary N) is 2. The average Bonchev–Trinajstić information content (AvgIpc) is 2.61. The van der Waals surface area contributed by atoms with Crippen LogP contribution in [-0.2, 0) is 11.0 Å². The first-order valence-electron chi connectivity index (χ1n) is 7.98. The number of alkyl halides is 3. The largest absolute Gasteiger partial charge is 0.508 e. The number of hydrogen-bond donors (Lipinski definition) is 3. The second-order valence-corrected chi connectivity index (χ2v) is 6.45. The number of hydrogen-bond acceptors (Lipinski definition) is 4. The van der Waals surface area contributed by atoms with Gasteiger partial charge in [0.25, 0.3) is 5.91 Å². The van der Waals surface area contributed by atoms with Crippen LogP contribution in [-0.4, -0.2) is 22.5 Å². The molecule has 0 aliphatic rings. The van der Waals surface area contributed by atoms with Crippen LogP contribution in [0.3, 0.4) is 0 Å². The van der Waals surface area contributed by atoms with Crippen LogP contribution in [0.4, 0.5) is 18.9 Å². The number of carbonyl (C=O) groups excluding carboxylic acids is 2. The minimum atomic E-state index is -4.76. The Bertz CT molecular complexity index is 946. The van der Waals surface area contributed by atoms with Crippen molar-refractivity contribution in [2.24, 2.45) is 0 Å². The Morgan fingerprint density at radius 3 is 2.21 bits per heavy atom. The minimum absolute atomic E-state index is 0.0326. The lowest BCUT2D eigenvalue weighted by Gasteiger charge is -2.25. The molecule has 0 heterocycles. The summed E-state index contributed by atoms with van der Waals surface area (Å²) < 4.78 is 39.1. The van der Waals surface area contributed by atoms with Crippen LogP contribution in [0.2, 0.25) is 0 Å². The summed E-state index contributed by atoms with van der Waals surface area (Å²) in [5.41, 5.74) is -3.16. The van der Waals surface area contributed by atoms with Crippen molar-refractivity contribution in [3.05, 3.63) is 59.2 Å². The SMILES string of the molecule is CC(C)(NC(=O)c1ccc(O)cc1)C(=O)Nc1ccc(C#N)c(C(F)(F)F)c1. The Balaban J connectivity index is 2.18. The molecule has 0 bridgehead atoms. The highest BCUT2D eigenvalue weighted by atomic mass is 19.4. The lowest BCUT2D eigenvalue weighted by molar-refractivity contribution is -0.137. The highest BCUT2D eigenvalue weighted by Crippen LogP contribution is 2.33. The predicted octanol–water partition coefficient (Wildman–Crippen LogP) is 3.43. The highest BCUT2D eigenvalue weighted by Gasteiger charge is 2.35. The van der Waals surface area contributed by atoms with Gasteiger partial charge in [-0.3, -0.25) is 9.59 Å². The van der Waals surface area contributed by atoms with Crippen molar-refractivity contribution in [3.8, 4) is 11.8 Å². The molecule has 9 heteroatoms. The zero-order valence-electron chi connectivity index (χ0n) is 14.9. The third-order valence-corrected chi connectivity index (χ3v) is 3.83. The van der Waals surface area contributed by atoms with Crippen LogP contribution < -0.4 is 10.6 Å². The minimum Gasteiger partial charge on any atom is -0.508 e. The van der Waals surface area contributed by atoms with Gasteiger partial charge in [-0.05, 0) is 56.3 Å². The Morgan fingerprint density at radius 1 is 1.07 bits per heavy atom. The van der Waals surface area contributed by atoms with E-state index in [2.05, 4.69) is 10.6 Å². The van der Waals surface area contributed by atoms with Gasteiger partial charge in [0.15, 0.2) is 0 Å². The van der Waals surface area contributed by atoms with Crippen molar-refractivity contribution in [1.82, 2.24) is 5.32 Å². The fourth-order valence-electron chi connectivity index (χ4n) is 2.27. The molecule has 0 aliphatic carbocycles. The number of phenols is 1. The molecule has 0 unspecified atom stereocenters. The molecule has 0 spiro atoms. The second-order valence-electron chi connectivity index (χ2n) is 6.45. The smallest absolute Gasteiger partial charge is 0.417 e. The molecule has 146 valence electrons. The molecule has 0 fully saturated rings. The van der Waals surface area contributed by atoms with Gasteiger partial charge in [-0.15, -0.1) is 0 Å². The first-order valence-corrected chi connectivity index (χ1v) is 7.98. The average molecular weight is 391 g/mol. The van der Waals surface area contributed by atoms with E-state index >= 15 is 0 Å². The number of halogens is 3. The van der Waals surface area contributed by atoms with E-state index in [0.717, 1.165) is 6.07 Å². The summed E-state index contributed by atoms with van der Waals surface area (Å²) in [4.78, 5) is 24.7. The van der Waals surface area contributed by atoms with Gasteiger partial charge >= 0.3 is 6.18 Å². The van der Waals surface area contributed by atoms with Crippen molar-refractivity contribution in [3.63, 3.8) is 0 Å². The van der Waals surface area contributed by atoms with Crippen LogP contribution in [0.5, 0.6) is 5.75 Å². The van der Waals surface area contributed by atoms with Crippen molar-refractivity contribution in [2.75, 3.05) is 5.32 Å². The fourth-order valence-corrected chi connectivity index (χ4v) is 2.27. The predicted molar refractivity (Wildman–Crippen MR) is 94.4 cm³/mol. The zero-order chi connectivity index (χ0) is 21.1. The number of benzene rings is 2. The Hall–Kier alpha value is -3.54. The number of phenolic OH excluding ortho intramolecular Hbond substituents is 1. The molecule has 3 N–H and O–H groups in total. The van der Waals surface area contributed by atoms with Gasteiger partial charge in [-0.25, -0.2) is 0 Å². The summed E-state index contributed by atoms with van der Waals surface area (Å²) in [7, 11) is 0. The molecule has 2 amide bonds. The maximum absolute atomic E-state index is 13.0. The standard InChI is InChI=1S/C19H16F3N3O3/c1-18(2,25-16(27)11-4-7-14(26)8-5-11)17(28)24-13-6-3-12(10-23)15(9-13)19(20,21)22/h3-9,26H,1-2H3,(H,24,28)(H,25,27). The molecule has 0 saturated carbocycles. The lowest BCUT2D eigenvalue weighted by Crippen LogP contribution is -2.52. The van der Waals surface area contributed by atoms with Crippen LogP contribution in [0.1, 0.15) is 35.3 Å². The molecule has 0 aromatic heterocycles. The summed E-state index contributed by atoms with van der Waals surface area (Å²) in [5.74, 6) is -1.39. The summed E-state index contributed by atoms with van der Waals surface area (Å²) >= 11 is 0. The maximum atomic E-state index is 13.0. The molecule has 28 heavy (non-hydrogen) atoms. The van der Waals surface area contributed by atoms with Gasteiger partial charge in [0.2, 0.25) is 5.91 Å². The molecular weight excluding hydrogens is 375 g/mol. The van der Waals surface area contributed by atoms with E-state index in [1.807, 2.05) is 0 Å². The summed E-state index contributed by atoms with van der Waals surface area (Å²) in [6, 6.07) is 9.56. The van der Waals surface area contributed by atoms with Crippen LogP contribution >= 0.6 is 0 Å². The van der Waals surface area contributed by atoms with Crippen molar-refractivity contribution >= 4 is 17.5 Å². The number of amides is 2. The van der Waals surface area contributed by atoms with Gasteiger partial charge in [-0.1, -0.05) is 0 Å². The number of aromatic hydroxyl groups is 1. The summed E-state index contributed by atoms with van der Waals surface area (Å²) in [5, 5.41) is 22.8. The first kappa shape index (κ1) is 20.8. The highest BCUT2D eigenvalue weighted by molar-refractivity contribution is 6.03. The van der Waals surface area contributed by atoms with Crippen molar-refractivity contribution in [1.29, 1.82) is 5.26 Å². The first-order chi connectivity index (χ1) is 12.9. The fraction of sp³-hybridized carbons (Fsp3) is 0.211. The number of nitrogens with zero attached hydrogens (tertiary/aromatic N) is 1. The molecule has 0 aliphatic heterocycles. The number of carbonyl (C=O) groups is 2. The van der Waals surface area contributed by atoms with E-state index in [-0.39, 0.29) is 17.0 Å². The normalized spacial score (nSPS) is 11.4.